The van der Waals surface area contributed by atoms with Crippen LogP contribution in [0, 0.1) is 5.41 Å². The minimum Gasteiger partial charge on any atom is -0.387 e. The van der Waals surface area contributed by atoms with Gasteiger partial charge < -0.3 is 30.7 Å². The molecule has 10 heteroatoms. The van der Waals surface area contributed by atoms with Crippen LogP contribution in [0.4, 0.5) is 0 Å². The number of hydrogen-bond donors (Lipinski definition) is 5. The van der Waals surface area contributed by atoms with Crippen molar-refractivity contribution < 1.29 is 29.6 Å². The van der Waals surface area contributed by atoms with Crippen molar-refractivity contribution in [1.29, 1.82) is 0 Å². The summed E-state index contributed by atoms with van der Waals surface area (Å²) in [5, 5.41) is 36.8. The van der Waals surface area contributed by atoms with Crippen molar-refractivity contribution >= 4 is 35.2 Å². The number of hydrogen-bond acceptors (Lipinski definition) is 7. The van der Waals surface area contributed by atoms with Crippen LogP contribution in [-0.2, 0) is 14.3 Å². The largest absolute Gasteiger partial charge is 0.387 e. The van der Waals surface area contributed by atoms with Gasteiger partial charge in [0.25, 0.3) is 5.91 Å². The molecular formula is C21H31ClN2O6S. The quantitative estimate of drug-likeness (QED) is 0.339. The van der Waals surface area contributed by atoms with Crippen LogP contribution in [0.5, 0.6) is 0 Å². The standard InChI is InChI=1S/C21H31ClN2O6S/c1-21(2,3)8-7-14(25)16(26)17(27)18(30-4)20(29)24-13-10-31-15-9-11(22)5-6-12(15)23-19(13)28/h5-9,12-18,25-27H,10H2,1-4H3,(H,23,28)(H,24,29)/b8-7+/t12?,13-,14+,15?,16-,17+,18+/m0/s1. The second-order valence-corrected chi connectivity index (χ2v) is 10.3. The molecule has 2 unspecified atom stereocenters. The maximum absolute atomic E-state index is 12.7. The van der Waals surface area contributed by atoms with Crippen LogP contribution in [0.25, 0.3) is 0 Å². The number of amides is 2. The van der Waals surface area contributed by atoms with Gasteiger partial charge in [-0.25, -0.2) is 0 Å². The summed E-state index contributed by atoms with van der Waals surface area (Å²) in [6, 6.07) is -1.10. The fraction of sp³-hybridized carbons (Fsp3) is 0.619. The van der Waals surface area contributed by atoms with Crippen molar-refractivity contribution in [1.82, 2.24) is 10.6 Å². The van der Waals surface area contributed by atoms with Gasteiger partial charge in [0.15, 0.2) is 6.10 Å². The third kappa shape index (κ3) is 7.34. The zero-order chi connectivity index (χ0) is 23.3. The molecule has 1 fully saturated rings. The van der Waals surface area contributed by atoms with Crippen molar-refractivity contribution in [2.75, 3.05) is 12.9 Å². The Hall–Kier alpha value is -1.36. The molecule has 1 heterocycles. The number of carbonyl (C=O) groups excluding carboxylic acids is 2. The number of nitrogens with one attached hydrogen (secondary N) is 2. The van der Waals surface area contributed by atoms with E-state index in [0.29, 0.717) is 10.8 Å². The first-order valence-corrected chi connectivity index (χ1v) is 11.4. The number of aliphatic hydroxyl groups is 3. The number of rotatable bonds is 7. The minimum atomic E-state index is -1.71. The third-order valence-corrected chi connectivity index (χ3v) is 6.45. The Morgan fingerprint density at radius 2 is 2.03 bits per heavy atom. The molecule has 0 spiro atoms. The summed E-state index contributed by atoms with van der Waals surface area (Å²) in [5.41, 5.74) is -0.236. The van der Waals surface area contributed by atoms with Gasteiger partial charge in [0.1, 0.15) is 24.4 Å². The summed E-state index contributed by atoms with van der Waals surface area (Å²) in [6.45, 7) is 5.74. The number of carbonyl (C=O) groups is 2. The highest BCUT2D eigenvalue weighted by molar-refractivity contribution is 8.00. The lowest BCUT2D eigenvalue weighted by Gasteiger charge is -2.28. The van der Waals surface area contributed by atoms with Crippen LogP contribution in [0.3, 0.4) is 0 Å². The monoisotopic (exact) mass is 474 g/mol. The summed E-state index contributed by atoms with van der Waals surface area (Å²) in [4.78, 5) is 25.3. The number of halogens is 1. The molecule has 0 aromatic heterocycles. The van der Waals surface area contributed by atoms with Crippen molar-refractivity contribution in [3.63, 3.8) is 0 Å². The molecule has 0 aromatic rings. The van der Waals surface area contributed by atoms with Gasteiger partial charge in [-0.05, 0) is 11.5 Å². The normalized spacial score (nSPS) is 28.1. The van der Waals surface area contributed by atoms with E-state index in [9.17, 15) is 24.9 Å². The van der Waals surface area contributed by atoms with Crippen LogP contribution in [0.2, 0.25) is 0 Å². The maximum atomic E-state index is 12.7. The van der Waals surface area contributed by atoms with Crippen LogP contribution >= 0.6 is 23.4 Å². The van der Waals surface area contributed by atoms with E-state index in [0.717, 1.165) is 0 Å². The summed E-state index contributed by atoms with van der Waals surface area (Å²) < 4.78 is 5.07. The average molecular weight is 475 g/mol. The first-order valence-electron chi connectivity index (χ1n) is 9.97. The molecule has 31 heavy (non-hydrogen) atoms. The molecule has 5 N–H and O–H groups in total. The van der Waals surface area contributed by atoms with Gasteiger partial charge >= 0.3 is 0 Å². The fourth-order valence-corrected chi connectivity index (χ4v) is 4.64. The number of thioether (sulfide) groups is 1. The Kier molecular flexibility index (Phi) is 9.17. The molecule has 2 rings (SSSR count). The van der Waals surface area contributed by atoms with E-state index < -0.39 is 36.4 Å². The predicted molar refractivity (Wildman–Crippen MR) is 121 cm³/mol. The Bertz CT molecular complexity index is 751. The average Bonchev–Trinajstić information content (AvgIpc) is 2.84. The highest BCUT2D eigenvalue weighted by Crippen LogP contribution is 2.27. The first-order chi connectivity index (χ1) is 14.4. The molecule has 8 nitrogen and oxygen atoms in total. The Morgan fingerprint density at radius 1 is 1.35 bits per heavy atom. The molecule has 174 valence electrons. The number of ether oxygens (including phenoxy) is 1. The Labute approximate surface area is 191 Å². The van der Waals surface area contributed by atoms with E-state index in [4.69, 9.17) is 16.3 Å². The molecule has 7 atom stereocenters. The highest BCUT2D eigenvalue weighted by Gasteiger charge is 2.38. The molecular weight excluding hydrogens is 444 g/mol. The molecule has 2 aliphatic rings. The number of methoxy groups -OCH3 is 1. The van der Waals surface area contributed by atoms with Crippen LogP contribution < -0.4 is 10.6 Å². The lowest BCUT2D eigenvalue weighted by Crippen LogP contribution is -2.56. The van der Waals surface area contributed by atoms with Gasteiger partial charge in [0.05, 0.1) is 6.04 Å². The van der Waals surface area contributed by atoms with E-state index >= 15 is 0 Å². The van der Waals surface area contributed by atoms with Gasteiger partial charge in [-0.3, -0.25) is 9.59 Å². The molecule has 1 aliphatic heterocycles. The van der Waals surface area contributed by atoms with E-state index in [1.165, 1.54) is 24.9 Å². The number of fused-ring (bicyclic) bond motifs is 1. The SMILES string of the molecule is CO[C@@H](C(=O)N[C@H]1CSC2C=C(Cl)C=CC2NC1=O)[C@H](O)[C@@H](O)[C@H](O)/C=C/C(C)(C)C. The van der Waals surface area contributed by atoms with Gasteiger partial charge in [-0.15, -0.1) is 11.8 Å². The van der Waals surface area contributed by atoms with Crippen molar-refractivity contribution in [2.45, 2.75) is 62.5 Å². The molecule has 0 bridgehead atoms. The number of allylic oxidation sites excluding steroid dienone is 3. The molecule has 0 radical (unpaired) electrons. The maximum Gasteiger partial charge on any atom is 0.252 e. The third-order valence-electron chi connectivity index (χ3n) is 4.85. The van der Waals surface area contributed by atoms with E-state index in [1.54, 1.807) is 18.2 Å². The molecule has 0 aromatic carbocycles. The van der Waals surface area contributed by atoms with Gasteiger partial charge in [-0.1, -0.05) is 56.7 Å². The van der Waals surface area contributed by atoms with E-state index in [-0.39, 0.29) is 22.6 Å². The van der Waals surface area contributed by atoms with E-state index in [2.05, 4.69) is 10.6 Å². The van der Waals surface area contributed by atoms with Crippen LogP contribution in [0.1, 0.15) is 20.8 Å². The van der Waals surface area contributed by atoms with Gasteiger partial charge in [-0.2, -0.15) is 0 Å². The number of aliphatic hydroxyl groups excluding tert-OH is 3. The second-order valence-electron chi connectivity index (χ2n) is 8.66. The predicted octanol–water partition coefficient (Wildman–Crippen LogP) is 0.464. The van der Waals surface area contributed by atoms with Crippen molar-refractivity contribution in [3.05, 3.63) is 35.4 Å². The zero-order valence-electron chi connectivity index (χ0n) is 18.0. The summed E-state index contributed by atoms with van der Waals surface area (Å²) >= 11 is 7.49. The molecule has 1 aliphatic carbocycles. The lowest BCUT2D eigenvalue weighted by molar-refractivity contribution is -0.150. The lowest BCUT2D eigenvalue weighted by atomic mass is 9.94. The summed E-state index contributed by atoms with van der Waals surface area (Å²) in [6.07, 6.45) is 2.15. The highest BCUT2D eigenvalue weighted by atomic mass is 35.5. The topological polar surface area (TPSA) is 128 Å². The smallest absolute Gasteiger partial charge is 0.252 e. The van der Waals surface area contributed by atoms with Gasteiger partial charge in [0, 0.05) is 23.1 Å². The van der Waals surface area contributed by atoms with E-state index in [1.807, 2.05) is 26.8 Å². The Morgan fingerprint density at radius 3 is 2.65 bits per heavy atom. The molecule has 1 saturated heterocycles. The molecule has 2 amide bonds. The first kappa shape index (κ1) is 25.9. The van der Waals surface area contributed by atoms with Gasteiger partial charge in [0.2, 0.25) is 5.91 Å². The Balaban J connectivity index is 2.02. The summed E-state index contributed by atoms with van der Waals surface area (Å²) in [7, 11) is 1.20. The van der Waals surface area contributed by atoms with Crippen molar-refractivity contribution in [3.8, 4) is 0 Å². The summed E-state index contributed by atoms with van der Waals surface area (Å²) in [5.74, 6) is -0.850. The van der Waals surface area contributed by atoms with Crippen LogP contribution in [-0.4, -0.2) is 81.7 Å². The van der Waals surface area contributed by atoms with Crippen molar-refractivity contribution in [2.24, 2.45) is 5.41 Å². The molecule has 0 saturated carbocycles. The second kappa shape index (κ2) is 11.0. The fourth-order valence-electron chi connectivity index (χ4n) is 3.10. The zero-order valence-corrected chi connectivity index (χ0v) is 19.6. The van der Waals surface area contributed by atoms with Crippen LogP contribution in [0.15, 0.2) is 35.4 Å². The minimum absolute atomic E-state index is 0.0567.